The van der Waals surface area contributed by atoms with Crippen LogP contribution in [0.2, 0.25) is 0 Å². The van der Waals surface area contributed by atoms with Crippen LogP contribution in [0.15, 0.2) is 48.7 Å². The number of likely N-dealkylation sites (tertiary alicyclic amines) is 1. The first-order valence-electron chi connectivity index (χ1n) is 9.28. The average Bonchev–Trinajstić information content (AvgIpc) is 3.21. The van der Waals surface area contributed by atoms with Crippen molar-refractivity contribution in [2.45, 2.75) is 50.6 Å². The molecule has 1 amide bonds. The Bertz CT molecular complexity index is 628. The largest absolute Gasteiger partial charge is 0.351 e. The summed E-state index contributed by atoms with van der Waals surface area (Å²) in [5, 5.41) is 10.00. The van der Waals surface area contributed by atoms with E-state index < -0.39 is 0 Å². The van der Waals surface area contributed by atoms with Gasteiger partial charge in [0.25, 0.3) is 0 Å². The SMILES string of the molecule is C=CC=CC(=CC(=O)NCC1CCCN1C1CCC1)Cc1ccn[nH]1. The highest BCUT2D eigenvalue weighted by molar-refractivity contribution is 5.88. The number of nitrogens with zero attached hydrogens (tertiary/aromatic N) is 2. The van der Waals surface area contributed by atoms with Crippen molar-refractivity contribution in [2.75, 3.05) is 13.1 Å². The number of carbonyl (C=O) groups excluding carboxylic acids is 1. The summed E-state index contributed by atoms with van der Waals surface area (Å²) in [6.07, 6.45) is 16.0. The molecule has 2 fully saturated rings. The van der Waals surface area contributed by atoms with E-state index in [0.29, 0.717) is 12.5 Å². The van der Waals surface area contributed by atoms with Gasteiger partial charge in [0.2, 0.25) is 5.91 Å². The molecule has 1 aromatic rings. The van der Waals surface area contributed by atoms with Gasteiger partial charge in [0.1, 0.15) is 0 Å². The molecule has 0 bridgehead atoms. The molecule has 5 heteroatoms. The van der Waals surface area contributed by atoms with Gasteiger partial charge in [-0.25, -0.2) is 0 Å². The molecule has 2 heterocycles. The van der Waals surface area contributed by atoms with E-state index in [0.717, 1.165) is 23.9 Å². The number of hydrogen-bond acceptors (Lipinski definition) is 3. The standard InChI is InChI=1S/C20H28N4O/c1-2-3-6-16(13-17-10-11-22-23-17)14-20(25)21-15-19-9-5-12-24(19)18-7-4-8-18/h2-3,6,10-11,14,18-19H,1,4-5,7-9,12-13,15H2,(H,21,25)(H,22,23). The molecule has 2 N–H and O–H groups in total. The predicted molar refractivity (Wildman–Crippen MR) is 100 cm³/mol. The second-order valence-electron chi connectivity index (χ2n) is 6.94. The lowest BCUT2D eigenvalue weighted by molar-refractivity contribution is -0.116. The van der Waals surface area contributed by atoms with Gasteiger partial charge in [-0.05, 0) is 43.9 Å². The Morgan fingerprint density at radius 3 is 2.96 bits per heavy atom. The number of aromatic amines is 1. The van der Waals surface area contributed by atoms with Crippen molar-refractivity contribution in [1.29, 1.82) is 0 Å². The van der Waals surface area contributed by atoms with Crippen LogP contribution in [0.5, 0.6) is 0 Å². The third-order valence-corrected chi connectivity index (χ3v) is 5.19. The van der Waals surface area contributed by atoms with Crippen LogP contribution in [0.1, 0.15) is 37.8 Å². The molecule has 25 heavy (non-hydrogen) atoms. The molecule has 1 aliphatic carbocycles. The Kier molecular flexibility index (Phi) is 6.23. The van der Waals surface area contributed by atoms with Crippen LogP contribution >= 0.6 is 0 Å². The minimum Gasteiger partial charge on any atom is -0.351 e. The van der Waals surface area contributed by atoms with E-state index >= 15 is 0 Å². The molecule has 1 aromatic heterocycles. The van der Waals surface area contributed by atoms with Crippen molar-refractivity contribution in [3.05, 3.63) is 54.4 Å². The molecular weight excluding hydrogens is 312 g/mol. The summed E-state index contributed by atoms with van der Waals surface area (Å²) >= 11 is 0. The quantitative estimate of drug-likeness (QED) is 0.565. The summed E-state index contributed by atoms with van der Waals surface area (Å²) in [7, 11) is 0. The minimum atomic E-state index is -0.0244. The maximum Gasteiger partial charge on any atom is 0.244 e. The van der Waals surface area contributed by atoms with E-state index in [9.17, 15) is 4.79 Å². The number of carbonyl (C=O) groups is 1. The number of rotatable bonds is 8. The van der Waals surface area contributed by atoms with Crippen molar-refractivity contribution >= 4 is 5.91 Å². The molecule has 2 aliphatic rings. The molecule has 1 atom stereocenters. The van der Waals surface area contributed by atoms with Crippen molar-refractivity contribution in [3.8, 4) is 0 Å². The Balaban J connectivity index is 1.55. The van der Waals surface area contributed by atoms with Crippen molar-refractivity contribution in [2.24, 2.45) is 0 Å². The number of hydrogen-bond donors (Lipinski definition) is 2. The molecule has 134 valence electrons. The zero-order valence-corrected chi connectivity index (χ0v) is 14.8. The van der Waals surface area contributed by atoms with Crippen LogP contribution < -0.4 is 5.32 Å². The molecule has 0 spiro atoms. The molecule has 1 saturated carbocycles. The molecular formula is C20H28N4O. The van der Waals surface area contributed by atoms with E-state index in [1.165, 1.54) is 38.6 Å². The average molecular weight is 340 g/mol. The molecule has 1 aliphatic heterocycles. The molecule has 1 unspecified atom stereocenters. The van der Waals surface area contributed by atoms with Crippen LogP contribution in [0.25, 0.3) is 0 Å². The number of aromatic nitrogens is 2. The normalized spacial score (nSPS) is 22.2. The fourth-order valence-corrected chi connectivity index (χ4v) is 3.67. The van der Waals surface area contributed by atoms with E-state index in [-0.39, 0.29) is 5.91 Å². The highest BCUT2D eigenvalue weighted by Crippen LogP contribution is 2.30. The highest BCUT2D eigenvalue weighted by Gasteiger charge is 2.33. The zero-order valence-electron chi connectivity index (χ0n) is 14.8. The van der Waals surface area contributed by atoms with Gasteiger partial charge in [-0.3, -0.25) is 14.8 Å². The van der Waals surface area contributed by atoms with Crippen molar-refractivity contribution in [3.63, 3.8) is 0 Å². The highest BCUT2D eigenvalue weighted by atomic mass is 16.1. The number of nitrogens with one attached hydrogen (secondary N) is 2. The van der Waals surface area contributed by atoms with Gasteiger partial charge in [0, 0.05) is 43.0 Å². The summed E-state index contributed by atoms with van der Waals surface area (Å²) in [6, 6.07) is 3.18. The summed E-state index contributed by atoms with van der Waals surface area (Å²) in [5.41, 5.74) is 1.92. The molecule has 5 nitrogen and oxygen atoms in total. The maximum atomic E-state index is 12.4. The van der Waals surface area contributed by atoms with E-state index in [2.05, 4.69) is 27.0 Å². The second-order valence-corrected chi connectivity index (χ2v) is 6.94. The molecule has 3 rings (SSSR count). The zero-order chi connectivity index (χ0) is 17.5. The third-order valence-electron chi connectivity index (χ3n) is 5.19. The summed E-state index contributed by atoms with van der Waals surface area (Å²) in [6.45, 7) is 5.63. The van der Waals surface area contributed by atoms with Gasteiger partial charge in [0.05, 0.1) is 0 Å². The smallest absolute Gasteiger partial charge is 0.244 e. The topological polar surface area (TPSA) is 61.0 Å². The summed E-state index contributed by atoms with van der Waals surface area (Å²) in [4.78, 5) is 15.0. The number of H-pyrrole nitrogens is 1. The van der Waals surface area contributed by atoms with Gasteiger partial charge >= 0.3 is 0 Å². The molecule has 0 aromatic carbocycles. The summed E-state index contributed by atoms with van der Waals surface area (Å²) < 4.78 is 0. The Labute approximate surface area is 149 Å². The first-order chi connectivity index (χ1) is 12.3. The molecule has 0 radical (unpaired) electrons. The van der Waals surface area contributed by atoms with Crippen LogP contribution in [-0.2, 0) is 11.2 Å². The van der Waals surface area contributed by atoms with Crippen molar-refractivity contribution in [1.82, 2.24) is 20.4 Å². The van der Waals surface area contributed by atoms with Gasteiger partial charge in [0.15, 0.2) is 0 Å². The lowest BCUT2D eigenvalue weighted by atomic mass is 9.91. The first kappa shape index (κ1) is 17.7. The Morgan fingerprint density at radius 2 is 2.28 bits per heavy atom. The van der Waals surface area contributed by atoms with Crippen molar-refractivity contribution < 1.29 is 4.79 Å². The van der Waals surface area contributed by atoms with Gasteiger partial charge in [-0.15, -0.1) is 0 Å². The van der Waals surface area contributed by atoms with E-state index in [1.807, 2.05) is 18.2 Å². The summed E-state index contributed by atoms with van der Waals surface area (Å²) in [5.74, 6) is -0.0244. The third kappa shape index (κ3) is 4.92. The van der Waals surface area contributed by atoms with Gasteiger partial charge in [-0.1, -0.05) is 31.2 Å². The number of allylic oxidation sites excluding steroid dienone is 4. The van der Waals surface area contributed by atoms with Crippen LogP contribution in [0.3, 0.4) is 0 Å². The monoisotopic (exact) mass is 340 g/mol. The Morgan fingerprint density at radius 1 is 1.40 bits per heavy atom. The van der Waals surface area contributed by atoms with Gasteiger partial charge < -0.3 is 5.32 Å². The van der Waals surface area contributed by atoms with E-state index in [1.54, 1.807) is 18.3 Å². The van der Waals surface area contributed by atoms with Crippen LogP contribution in [-0.4, -0.2) is 46.2 Å². The second kappa shape index (κ2) is 8.81. The number of amides is 1. The van der Waals surface area contributed by atoms with Crippen LogP contribution in [0.4, 0.5) is 0 Å². The fraction of sp³-hybridized carbons (Fsp3) is 0.500. The van der Waals surface area contributed by atoms with Gasteiger partial charge in [-0.2, -0.15) is 5.10 Å². The lowest BCUT2D eigenvalue weighted by Gasteiger charge is -2.38. The molecule has 1 saturated heterocycles. The van der Waals surface area contributed by atoms with E-state index in [4.69, 9.17) is 0 Å². The Hall–Kier alpha value is -2.14. The maximum absolute atomic E-state index is 12.4. The fourth-order valence-electron chi connectivity index (χ4n) is 3.67. The van der Waals surface area contributed by atoms with Crippen LogP contribution in [0, 0.1) is 0 Å². The minimum absolute atomic E-state index is 0.0244. The lowest BCUT2D eigenvalue weighted by Crippen LogP contribution is -2.47. The predicted octanol–water partition coefficient (Wildman–Crippen LogP) is 2.75. The first-order valence-corrected chi connectivity index (χ1v) is 9.28.